The number of anilines is 1. The van der Waals surface area contributed by atoms with Crippen LogP contribution in [-0.4, -0.2) is 31.2 Å². The Morgan fingerprint density at radius 2 is 2.07 bits per heavy atom. The Bertz CT molecular complexity index is 1260. The monoisotopic (exact) mass is 372 g/mol. The van der Waals surface area contributed by atoms with E-state index in [-0.39, 0.29) is 17.5 Å². The number of benzene rings is 1. The van der Waals surface area contributed by atoms with E-state index in [2.05, 4.69) is 25.5 Å². The number of rotatable bonds is 2. The lowest BCUT2D eigenvalue weighted by Crippen LogP contribution is -2.15. The van der Waals surface area contributed by atoms with Crippen LogP contribution in [0.15, 0.2) is 42.7 Å². The van der Waals surface area contributed by atoms with Gasteiger partial charge in [0.1, 0.15) is 11.6 Å². The average molecular weight is 372 g/mol. The van der Waals surface area contributed by atoms with Crippen molar-refractivity contribution in [2.45, 2.75) is 13.0 Å². The number of hydrogen-bond donors (Lipinski definition) is 4. The second kappa shape index (κ2) is 5.78. The highest BCUT2D eigenvalue weighted by molar-refractivity contribution is 6.09. The van der Waals surface area contributed by atoms with E-state index in [4.69, 9.17) is 5.73 Å². The number of carbonyl (C=O) groups is 1. The number of amides is 1. The number of phenols is 1. The first-order valence-corrected chi connectivity index (χ1v) is 8.73. The first kappa shape index (κ1) is 16.2. The van der Waals surface area contributed by atoms with Crippen molar-refractivity contribution in [1.29, 1.82) is 0 Å². The van der Waals surface area contributed by atoms with E-state index < -0.39 is 5.91 Å². The summed E-state index contributed by atoms with van der Waals surface area (Å²) in [6.07, 6.45) is 3.54. The number of phenolic OH excluding ortho intramolecular Hbond substituents is 1. The summed E-state index contributed by atoms with van der Waals surface area (Å²) < 4.78 is 0. The number of nitrogens with one attached hydrogen (secondary N) is 2. The van der Waals surface area contributed by atoms with Crippen LogP contribution in [0, 0.1) is 6.92 Å². The minimum atomic E-state index is -0.648. The highest BCUT2D eigenvalue weighted by atomic mass is 16.3. The Hall–Kier alpha value is -3.94. The molecule has 138 valence electrons. The molecule has 1 amide bonds. The summed E-state index contributed by atoms with van der Waals surface area (Å²) in [4.78, 5) is 19.7. The fourth-order valence-electron chi connectivity index (χ4n) is 3.87. The van der Waals surface area contributed by atoms with Gasteiger partial charge in [-0.15, -0.1) is 10.2 Å². The van der Waals surface area contributed by atoms with Crippen LogP contribution >= 0.6 is 0 Å². The Morgan fingerprint density at radius 1 is 1.21 bits per heavy atom. The molecule has 4 aromatic rings. The van der Waals surface area contributed by atoms with E-state index in [0.717, 1.165) is 27.6 Å². The molecular weight excluding hydrogens is 356 g/mol. The zero-order chi connectivity index (χ0) is 19.4. The predicted octanol–water partition coefficient (Wildman–Crippen LogP) is 2.65. The number of nitrogens with zero attached hydrogens (tertiary/aromatic N) is 3. The minimum absolute atomic E-state index is 0.104. The van der Waals surface area contributed by atoms with Crippen LogP contribution in [0.25, 0.3) is 22.2 Å². The van der Waals surface area contributed by atoms with Gasteiger partial charge in [-0.25, -0.2) is 4.98 Å². The molecule has 0 spiro atoms. The molecule has 0 aliphatic carbocycles. The lowest BCUT2D eigenvalue weighted by Gasteiger charge is -2.20. The van der Waals surface area contributed by atoms with E-state index in [0.29, 0.717) is 17.0 Å². The number of hydrogen-bond acceptors (Lipinski definition) is 6. The molecule has 3 aromatic heterocycles. The smallest absolute Gasteiger partial charge is 0.269 e. The third-order valence-corrected chi connectivity index (χ3v) is 5.09. The SMILES string of the molecule is Cc1cc(O)ccc1C1Nc2ncccc2-c2c(C(N)=O)nnc3[nH]cc1c23. The van der Waals surface area contributed by atoms with Crippen molar-refractivity contribution in [3.05, 3.63) is 65.1 Å². The van der Waals surface area contributed by atoms with E-state index in [9.17, 15) is 9.90 Å². The van der Waals surface area contributed by atoms with Gasteiger partial charge < -0.3 is 21.1 Å². The van der Waals surface area contributed by atoms with Gasteiger partial charge in [-0.3, -0.25) is 4.79 Å². The molecule has 1 aliphatic heterocycles. The molecule has 0 radical (unpaired) electrons. The standard InChI is InChI=1S/C20H16N6O2/c1-9-7-10(27)4-5-11(9)16-13-8-23-20-15(13)14(17(18(21)28)25-26-20)12-3-2-6-22-19(12)24-16/h2-8,16,27H,1H3,(H2,21,28)(H,22,24)(H,23,26). The zero-order valence-corrected chi connectivity index (χ0v) is 14.9. The van der Waals surface area contributed by atoms with Crippen molar-refractivity contribution in [3.8, 4) is 16.9 Å². The number of fused-ring (bicyclic) bond motifs is 2. The van der Waals surface area contributed by atoms with Crippen molar-refractivity contribution in [3.63, 3.8) is 0 Å². The lowest BCUT2D eigenvalue weighted by atomic mass is 9.93. The fourth-order valence-corrected chi connectivity index (χ4v) is 3.87. The number of H-pyrrole nitrogens is 1. The van der Waals surface area contributed by atoms with Crippen LogP contribution in [0.2, 0.25) is 0 Å². The third kappa shape index (κ3) is 2.24. The Kier molecular flexibility index (Phi) is 3.35. The van der Waals surface area contributed by atoms with Crippen molar-refractivity contribution in [2.75, 3.05) is 5.32 Å². The second-order valence-electron chi connectivity index (χ2n) is 6.77. The maximum atomic E-state index is 12.1. The Morgan fingerprint density at radius 3 is 2.86 bits per heavy atom. The number of pyridine rings is 1. The molecule has 28 heavy (non-hydrogen) atoms. The number of aromatic nitrogens is 4. The number of aromatic hydroxyl groups is 1. The summed E-state index contributed by atoms with van der Waals surface area (Å²) in [7, 11) is 0. The summed E-state index contributed by atoms with van der Waals surface area (Å²) in [5.74, 6) is 0.175. The van der Waals surface area contributed by atoms with Crippen LogP contribution in [-0.2, 0) is 0 Å². The van der Waals surface area contributed by atoms with Crippen LogP contribution in [0.1, 0.15) is 33.2 Å². The number of aryl methyl sites for hydroxylation is 1. The van der Waals surface area contributed by atoms with E-state index in [1.165, 1.54) is 0 Å². The summed E-state index contributed by atoms with van der Waals surface area (Å²) in [6.45, 7) is 1.94. The van der Waals surface area contributed by atoms with Gasteiger partial charge in [0.25, 0.3) is 5.91 Å². The van der Waals surface area contributed by atoms with E-state index >= 15 is 0 Å². The summed E-state index contributed by atoms with van der Waals surface area (Å²) >= 11 is 0. The molecule has 0 fully saturated rings. The summed E-state index contributed by atoms with van der Waals surface area (Å²) in [5, 5.41) is 22.3. The van der Waals surface area contributed by atoms with Crippen molar-refractivity contribution in [1.82, 2.24) is 20.2 Å². The first-order chi connectivity index (χ1) is 13.5. The molecule has 0 bridgehead atoms. The Labute approximate surface area is 159 Å². The van der Waals surface area contributed by atoms with Gasteiger partial charge in [0.15, 0.2) is 11.3 Å². The number of carbonyl (C=O) groups excluding carboxylic acids is 1. The molecule has 0 saturated carbocycles. The molecule has 8 nitrogen and oxygen atoms in total. The highest BCUT2D eigenvalue weighted by Crippen LogP contribution is 2.44. The van der Waals surface area contributed by atoms with Crippen molar-refractivity contribution in [2.24, 2.45) is 5.73 Å². The third-order valence-electron chi connectivity index (χ3n) is 5.09. The van der Waals surface area contributed by atoms with Gasteiger partial charge in [0, 0.05) is 34.5 Å². The van der Waals surface area contributed by atoms with Gasteiger partial charge in [-0.05, 0) is 42.3 Å². The zero-order valence-electron chi connectivity index (χ0n) is 14.9. The molecule has 5 N–H and O–H groups in total. The van der Waals surface area contributed by atoms with Crippen molar-refractivity contribution >= 4 is 22.8 Å². The number of primary amides is 1. The lowest BCUT2D eigenvalue weighted by molar-refractivity contribution is 0.0995. The van der Waals surface area contributed by atoms with Gasteiger partial charge in [-0.2, -0.15) is 0 Å². The average Bonchev–Trinajstić information content (AvgIpc) is 3.04. The topological polar surface area (TPSA) is 130 Å². The minimum Gasteiger partial charge on any atom is -0.508 e. The van der Waals surface area contributed by atoms with Crippen LogP contribution < -0.4 is 11.1 Å². The van der Waals surface area contributed by atoms with Gasteiger partial charge in [0.2, 0.25) is 0 Å². The summed E-state index contributed by atoms with van der Waals surface area (Å²) in [5.41, 5.74) is 10.4. The van der Waals surface area contributed by atoms with Crippen LogP contribution in [0.4, 0.5) is 5.82 Å². The summed E-state index contributed by atoms with van der Waals surface area (Å²) in [6, 6.07) is 8.65. The fraction of sp³-hybridized carbons (Fsp3) is 0.100. The van der Waals surface area contributed by atoms with Crippen LogP contribution in [0.5, 0.6) is 5.75 Å². The van der Waals surface area contributed by atoms with E-state index in [1.807, 2.05) is 25.3 Å². The largest absolute Gasteiger partial charge is 0.508 e. The van der Waals surface area contributed by atoms with Gasteiger partial charge >= 0.3 is 0 Å². The molecule has 1 aliphatic rings. The molecular formula is C20H16N6O2. The molecule has 5 rings (SSSR count). The van der Waals surface area contributed by atoms with Gasteiger partial charge in [-0.1, -0.05) is 6.07 Å². The number of aromatic amines is 1. The maximum Gasteiger partial charge on any atom is 0.269 e. The van der Waals surface area contributed by atoms with Gasteiger partial charge in [0.05, 0.1) is 6.04 Å². The quantitative estimate of drug-likeness (QED) is 0.428. The molecule has 4 heterocycles. The maximum absolute atomic E-state index is 12.1. The predicted molar refractivity (Wildman–Crippen MR) is 104 cm³/mol. The Balaban J connectivity index is 1.89. The molecule has 1 unspecified atom stereocenters. The molecule has 8 heteroatoms. The molecule has 1 aromatic carbocycles. The van der Waals surface area contributed by atoms with Crippen LogP contribution in [0.3, 0.4) is 0 Å². The van der Waals surface area contributed by atoms with Crippen molar-refractivity contribution < 1.29 is 9.90 Å². The highest BCUT2D eigenvalue weighted by Gasteiger charge is 2.31. The number of nitrogens with two attached hydrogens (primary N) is 1. The molecule has 0 saturated heterocycles. The molecule has 1 atom stereocenters. The second-order valence-corrected chi connectivity index (χ2v) is 6.77. The first-order valence-electron chi connectivity index (χ1n) is 8.73. The van der Waals surface area contributed by atoms with E-state index in [1.54, 1.807) is 24.4 Å². The normalized spacial score (nSPS) is 15.0.